The number of aromatic nitrogens is 2. The fourth-order valence-corrected chi connectivity index (χ4v) is 1.78. The van der Waals surface area contributed by atoms with Crippen LogP contribution in [0, 0.1) is 0 Å². The maximum Gasteiger partial charge on any atom is 0.147 e. The molecule has 0 aliphatic heterocycles. The summed E-state index contributed by atoms with van der Waals surface area (Å²) in [4.78, 5) is 10.9. The summed E-state index contributed by atoms with van der Waals surface area (Å²) in [6, 6.07) is 10.3. The minimum atomic E-state index is 0.736. The molecule has 0 saturated heterocycles. The van der Waals surface area contributed by atoms with Crippen molar-refractivity contribution in [2.75, 3.05) is 19.0 Å². The number of benzene rings is 1. The molecule has 1 N–H and O–H groups in total. The molecule has 0 saturated carbocycles. The maximum absolute atomic E-state index is 4.56. The monoisotopic (exact) mass is 242 g/mol. The van der Waals surface area contributed by atoms with Gasteiger partial charge in [0.1, 0.15) is 5.82 Å². The van der Waals surface area contributed by atoms with Crippen LogP contribution in [0.5, 0.6) is 0 Å². The molecule has 0 radical (unpaired) electrons. The van der Waals surface area contributed by atoms with Crippen molar-refractivity contribution in [3.05, 3.63) is 54.0 Å². The van der Waals surface area contributed by atoms with Crippen LogP contribution in [0.4, 0.5) is 5.82 Å². The lowest BCUT2D eigenvalue weighted by Crippen LogP contribution is -2.19. The Morgan fingerprint density at radius 3 is 2.67 bits per heavy atom. The van der Waals surface area contributed by atoms with E-state index >= 15 is 0 Å². The van der Waals surface area contributed by atoms with Crippen LogP contribution in [-0.4, -0.2) is 24.1 Å². The average Bonchev–Trinajstić information content (AvgIpc) is 2.40. The Kier molecular flexibility index (Phi) is 4.25. The highest BCUT2D eigenvalue weighted by atomic mass is 15.2. The summed E-state index contributed by atoms with van der Waals surface area (Å²) in [5.74, 6) is 0.895. The van der Waals surface area contributed by atoms with Gasteiger partial charge in [-0.15, -0.1) is 0 Å². The average molecular weight is 242 g/mol. The Morgan fingerprint density at radius 2 is 1.94 bits per heavy atom. The van der Waals surface area contributed by atoms with E-state index in [1.807, 2.05) is 32.3 Å². The van der Waals surface area contributed by atoms with Crippen LogP contribution >= 0.6 is 0 Å². The van der Waals surface area contributed by atoms with E-state index in [9.17, 15) is 0 Å². The van der Waals surface area contributed by atoms with E-state index in [0.29, 0.717) is 0 Å². The van der Waals surface area contributed by atoms with Gasteiger partial charge in [-0.1, -0.05) is 30.3 Å². The van der Waals surface area contributed by atoms with Gasteiger partial charge in [-0.25, -0.2) is 4.98 Å². The largest absolute Gasteiger partial charge is 0.354 e. The van der Waals surface area contributed by atoms with Crippen molar-refractivity contribution in [1.29, 1.82) is 0 Å². The van der Waals surface area contributed by atoms with E-state index < -0.39 is 0 Å². The van der Waals surface area contributed by atoms with Gasteiger partial charge in [0.15, 0.2) is 0 Å². The summed E-state index contributed by atoms with van der Waals surface area (Å²) < 4.78 is 0. The van der Waals surface area contributed by atoms with Gasteiger partial charge in [-0.2, -0.15) is 0 Å². The predicted octanol–water partition coefficient (Wildman–Crippen LogP) is 1.83. The smallest absolute Gasteiger partial charge is 0.147 e. The number of hydrogen-bond donors (Lipinski definition) is 1. The molecule has 0 unspecified atom stereocenters. The molecule has 1 aromatic heterocycles. The van der Waals surface area contributed by atoms with E-state index in [1.165, 1.54) is 5.56 Å². The molecule has 0 aliphatic carbocycles. The van der Waals surface area contributed by atoms with Gasteiger partial charge in [-0.3, -0.25) is 4.98 Å². The summed E-state index contributed by atoms with van der Waals surface area (Å²) in [6.07, 6.45) is 3.58. The molecular formula is C14H18N4. The molecule has 1 aromatic carbocycles. The molecule has 0 atom stereocenters. The van der Waals surface area contributed by atoms with Crippen LogP contribution in [0.25, 0.3) is 0 Å². The lowest BCUT2D eigenvalue weighted by Gasteiger charge is -2.18. The van der Waals surface area contributed by atoms with Crippen molar-refractivity contribution in [3.63, 3.8) is 0 Å². The molecule has 4 heteroatoms. The Bertz CT molecular complexity index is 484. The molecule has 0 amide bonds. The van der Waals surface area contributed by atoms with Crippen LogP contribution in [0.1, 0.15) is 11.3 Å². The van der Waals surface area contributed by atoms with Crippen molar-refractivity contribution in [1.82, 2.24) is 15.3 Å². The van der Waals surface area contributed by atoms with Gasteiger partial charge < -0.3 is 10.2 Å². The molecule has 0 fully saturated rings. The molecule has 4 nitrogen and oxygen atoms in total. The summed E-state index contributed by atoms with van der Waals surface area (Å²) in [5.41, 5.74) is 2.22. The van der Waals surface area contributed by atoms with E-state index in [0.717, 1.165) is 24.6 Å². The minimum absolute atomic E-state index is 0.736. The van der Waals surface area contributed by atoms with Crippen molar-refractivity contribution in [3.8, 4) is 0 Å². The summed E-state index contributed by atoms with van der Waals surface area (Å²) >= 11 is 0. The Morgan fingerprint density at radius 1 is 1.17 bits per heavy atom. The summed E-state index contributed by atoms with van der Waals surface area (Å²) in [7, 11) is 3.93. The highest BCUT2D eigenvalue weighted by Gasteiger charge is 2.04. The van der Waals surface area contributed by atoms with Gasteiger partial charge in [0.05, 0.1) is 11.9 Å². The first-order chi connectivity index (χ1) is 8.79. The number of anilines is 1. The third-order valence-corrected chi connectivity index (χ3v) is 2.68. The van der Waals surface area contributed by atoms with E-state index in [-0.39, 0.29) is 0 Å². The van der Waals surface area contributed by atoms with Gasteiger partial charge in [0, 0.05) is 26.3 Å². The summed E-state index contributed by atoms with van der Waals surface area (Å²) in [6.45, 7) is 1.57. The molecule has 2 aromatic rings. The van der Waals surface area contributed by atoms with Crippen molar-refractivity contribution in [2.45, 2.75) is 13.1 Å². The zero-order valence-corrected chi connectivity index (χ0v) is 10.8. The van der Waals surface area contributed by atoms with Crippen molar-refractivity contribution >= 4 is 5.82 Å². The van der Waals surface area contributed by atoms with Crippen LogP contribution in [0.2, 0.25) is 0 Å². The molecule has 0 aliphatic rings. The standard InChI is InChI=1S/C14H18N4/c1-15-8-13-9-16-10-14(17-13)18(2)11-12-6-4-3-5-7-12/h3-7,9-10,15H,8,11H2,1-2H3. The van der Waals surface area contributed by atoms with Crippen LogP contribution in [-0.2, 0) is 13.1 Å². The number of nitrogens with zero attached hydrogens (tertiary/aromatic N) is 3. The van der Waals surface area contributed by atoms with E-state index in [1.54, 1.807) is 12.4 Å². The molecule has 1 heterocycles. The van der Waals surface area contributed by atoms with E-state index in [2.05, 4.69) is 32.3 Å². The zero-order valence-electron chi connectivity index (χ0n) is 10.8. The number of rotatable bonds is 5. The summed E-state index contributed by atoms with van der Waals surface area (Å²) in [5, 5.41) is 3.08. The predicted molar refractivity (Wildman–Crippen MR) is 73.3 cm³/mol. The second kappa shape index (κ2) is 6.12. The third-order valence-electron chi connectivity index (χ3n) is 2.68. The van der Waals surface area contributed by atoms with Gasteiger partial charge in [0.2, 0.25) is 0 Å². The van der Waals surface area contributed by atoms with Crippen LogP contribution in [0.3, 0.4) is 0 Å². The quantitative estimate of drug-likeness (QED) is 0.868. The molecule has 0 spiro atoms. The van der Waals surface area contributed by atoms with E-state index in [4.69, 9.17) is 0 Å². The second-order valence-corrected chi connectivity index (χ2v) is 4.24. The maximum atomic E-state index is 4.56. The van der Waals surface area contributed by atoms with Crippen LogP contribution in [0.15, 0.2) is 42.7 Å². The third kappa shape index (κ3) is 3.28. The topological polar surface area (TPSA) is 41.1 Å². The molecule has 0 bridgehead atoms. The SMILES string of the molecule is CNCc1cncc(N(C)Cc2ccccc2)n1. The fraction of sp³-hybridized carbons (Fsp3) is 0.286. The first-order valence-corrected chi connectivity index (χ1v) is 6.00. The van der Waals surface area contributed by atoms with Crippen molar-refractivity contribution in [2.24, 2.45) is 0 Å². The molecular weight excluding hydrogens is 224 g/mol. The molecule has 94 valence electrons. The number of nitrogens with one attached hydrogen (secondary N) is 1. The Hall–Kier alpha value is -1.94. The van der Waals surface area contributed by atoms with Gasteiger partial charge in [-0.05, 0) is 12.6 Å². The minimum Gasteiger partial charge on any atom is -0.354 e. The molecule has 18 heavy (non-hydrogen) atoms. The molecule has 2 rings (SSSR count). The van der Waals surface area contributed by atoms with Gasteiger partial charge in [0.25, 0.3) is 0 Å². The first kappa shape index (κ1) is 12.5. The fourth-order valence-electron chi connectivity index (χ4n) is 1.78. The normalized spacial score (nSPS) is 10.3. The zero-order chi connectivity index (χ0) is 12.8. The van der Waals surface area contributed by atoms with Crippen molar-refractivity contribution < 1.29 is 0 Å². The highest BCUT2D eigenvalue weighted by Crippen LogP contribution is 2.11. The van der Waals surface area contributed by atoms with Gasteiger partial charge >= 0.3 is 0 Å². The number of hydrogen-bond acceptors (Lipinski definition) is 4. The first-order valence-electron chi connectivity index (χ1n) is 6.00. The van der Waals surface area contributed by atoms with Crippen LogP contribution < -0.4 is 10.2 Å². The lowest BCUT2D eigenvalue weighted by atomic mass is 10.2. The highest BCUT2D eigenvalue weighted by molar-refractivity contribution is 5.36. The Labute approximate surface area is 108 Å². The lowest BCUT2D eigenvalue weighted by molar-refractivity contribution is 0.775. The second-order valence-electron chi connectivity index (χ2n) is 4.24. The Balaban J connectivity index is 2.08.